The van der Waals surface area contributed by atoms with Crippen LogP contribution in [-0.4, -0.2) is 54.3 Å². The van der Waals surface area contributed by atoms with Crippen molar-refractivity contribution in [1.82, 2.24) is 9.80 Å². The van der Waals surface area contributed by atoms with E-state index < -0.39 is 11.7 Å². The van der Waals surface area contributed by atoms with Gasteiger partial charge in [0.05, 0.1) is 18.8 Å². The number of benzene rings is 2. The van der Waals surface area contributed by atoms with Crippen LogP contribution in [0.3, 0.4) is 0 Å². The molecular weight excluding hydrogens is 447 g/mol. The van der Waals surface area contributed by atoms with Crippen molar-refractivity contribution in [2.45, 2.75) is 19.1 Å². The summed E-state index contributed by atoms with van der Waals surface area (Å²) in [6.45, 7) is 5.41. The summed E-state index contributed by atoms with van der Waals surface area (Å²) in [5, 5.41) is 4.00. The fourth-order valence-electron chi connectivity index (χ4n) is 3.35. The van der Waals surface area contributed by atoms with E-state index in [0.29, 0.717) is 28.9 Å². The van der Waals surface area contributed by atoms with Gasteiger partial charge in [-0.15, -0.1) is 0 Å². The van der Waals surface area contributed by atoms with Gasteiger partial charge in [-0.2, -0.15) is 13.2 Å². The number of morpholine rings is 1. The Bertz CT molecular complexity index is 858. The first-order chi connectivity index (χ1) is 14.8. The molecule has 1 N–H and O–H groups in total. The van der Waals surface area contributed by atoms with E-state index in [1.807, 2.05) is 29.2 Å². The van der Waals surface area contributed by atoms with Gasteiger partial charge < -0.3 is 15.0 Å². The number of ether oxygens (including phenoxy) is 1. The third-order valence-corrected chi connectivity index (χ3v) is 5.63. The van der Waals surface area contributed by atoms with Gasteiger partial charge in [-0.25, -0.2) is 0 Å². The monoisotopic (exact) mass is 471 g/mol. The van der Waals surface area contributed by atoms with Gasteiger partial charge in [0.25, 0.3) is 0 Å². The third-order valence-electron chi connectivity index (χ3n) is 5.02. The van der Waals surface area contributed by atoms with Gasteiger partial charge in [-0.05, 0) is 54.5 Å². The zero-order chi connectivity index (χ0) is 22.3. The van der Waals surface area contributed by atoms with Crippen LogP contribution in [0.5, 0.6) is 0 Å². The molecule has 1 heterocycles. The maximum Gasteiger partial charge on any atom is 0.416 e. The molecule has 2 aromatic rings. The van der Waals surface area contributed by atoms with Crippen molar-refractivity contribution in [3.8, 4) is 0 Å². The van der Waals surface area contributed by atoms with Crippen molar-refractivity contribution in [3.63, 3.8) is 0 Å². The summed E-state index contributed by atoms with van der Waals surface area (Å²) >= 11 is 11.5. The second-order valence-corrected chi connectivity index (χ2v) is 8.19. The molecule has 1 aliphatic rings. The minimum absolute atomic E-state index is 0.314. The van der Waals surface area contributed by atoms with Gasteiger partial charge in [0.15, 0.2) is 5.11 Å². The lowest BCUT2D eigenvalue weighted by atomic mass is 10.2. The summed E-state index contributed by atoms with van der Waals surface area (Å²) in [4.78, 5) is 4.31. The number of rotatable bonds is 7. The Balaban J connectivity index is 1.66. The first-order valence-electron chi connectivity index (χ1n) is 10.1. The van der Waals surface area contributed by atoms with E-state index in [-0.39, 0.29) is 0 Å². The van der Waals surface area contributed by atoms with Crippen LogP contribution in [0.25, 0.3) is 0 Å². The van der Waals surface area contributed by atoms with Crippen LogP contribution >= 0.6 is 23.8 Å². The van der Waals surface area contributed by atoms with E-state index in [1.54, 1.807) is 6.07 Å². The number of hydrogen-bond acceptors (Lipinski definition) is 3. The molecular formula is C22H25ClF3N3OS. The topological polar surface area (TPSA) is 27.7 Å². The van der Waals surface area contributed by atoms with Gasteiger partial charge in [0.2, 0.25) is 0 Å². The molecule has 4 nitrogen and oxygen atoms in total. The number of halogens is 4. The van der Waals surface area contributed by atoms with E-state index in [9.17, 15) is 13.2 Å². The van der Waals surface area contributed by atoms with Gasteiger partial charge in [0, 0.05) is 43.4 Å². The first-order valence-corrected chi connectivity index (χ1v) is 10.9. The van der Waals surface area contributed by atoms with Crippen LogP contribution < -0.4 is 5.32 Å². The van der Waals surface area contributed by atoms with E-state index in [4.69, 9.17) is 28.6 Å². The zero-order valence-corrected chi connectivity index (χ0v) is 18.6. The maximum atomic E-state index is 13.0. The Morgan fingerprint density at radius 2 is 1.84 bits per heavy atom. The number of nitrogens with one attached hydrogen (secondary N) is 1. The molecule has 0 bridgehead atoms. The average molecular weight is 472 g/mol. The highest BCUT2D eigenvalue weighted by Crippen LogP contribution is 2.30. The summed E-state index contributed by atoms with van der Waals surface area (Å²) in [5.74, 6) is 0. The van der Waals surface area contributed by atoms with Crippen LogP contribution in [0.4, 0.5) is 18.9 Å². The molecule has 0 atom stereocenters. The van der Waals surface area contributed by atoms with Crippen LogP contribution in [0.1, 0.15) is 17.5 Å². The van der Waals surface area contributed by atoms with E-state index in [2.05, 4.69) is 10.2 Å². The van der Waals surface area contributed by atoms with Crippen molar-refractivity contribution in [3.05, 3.63) is 64.7 Å². The standard InChI is InChI=1S/C22H25ClF3N3OS/c23-19-7-5-17(6-8-19)16-29(10-2-9-28-11-13-30-14-12-28)21(31)27-20-4-1-3-18(15-20)22(24,25)26/h1,3-8,15H,2,9-14,16H2,(H,27,31). The molecule has 0 aliphatic carbocycles. The quantitative estimate of drug-likeness (QED) is 0.554. The molecule has 2 aromatic carbocycles. The van der Waals surface area contributed by atoms with Crippen molar-refractivity contribution >= 4 is 34.6 Å². The lowest BCUT2D eigenvalue weighted by Gasteiger charge is -2.29. The SMILES string of the molecule is FC(F)(F)c1cccc(NC(=S)N(CCCN2CCOCC2)Cc2ccc(Cl)cc2)c1. The minimum Gasteiger partial charge on any atom is -0.379 e. The lowest BCUT2D eigenvalue weighted by molar-refractivity contribution is -0.137. The summed E-state index contributed by atoms with van der Waals surface area (Å²) in [6, 6.07) is 12.5. The number of nitrogens with zero attached hydrogens (tertiary/aromatic N) is 2. The van der Waals surface area contributed by atoms with Gasteiger partial charge >= 0.3 is 6.18 Å². The number of alkyl halides is 3. The predicted octanol–water partition coefficient (Wildman–Crippen LogP) is 5.28. The van der Waals surface area contributed by atoms with Crippen LogP contribution in [-0.2, 0) is 17.5 Å². The highest BCUT2D eigenvalue weighted by atomic mass is 35.5. The summed E-state index contributed by atoms with van der Waals surface area (Å²) in [5.41, 5.74) is 0.620. The normalized spacial score (nSPS) is 15.0. The Morgan fingerprint density at radius 1 is 1.13 bits per heavy atom. The molecule has 0 unspecified atom stereocenters. The fraction of sp³-hybridized carbons (Fsp3) is 0.409. The van der Waals surface area contributed by atoms with Crippen LogP contribution in [0.2, 0.25) is 5.02 Å². The van der Waals surface area contributed by atoms with Gasteiger partial charge in [-0.3, -0.25) is 4.90 Å². The van der Waals surface area contributed by atoms with Crippen LogP contribution in [0, 0.1) is 0 Å². The average Bonchev–Trinajstić information content (AvgIpc) is 2.75. The summed E-state index contributed by atoms with van der Waals surface area (Å²) < 4.78 is 44.5. The number of anilines is 1. The molecule has 3 rings (SSSR count). The minimum atomic E-state index is -4.40. The molecule has 0 saturated carbocycles. The molecule has 168 valence electrons. The first kappa shape index (κ1) is 23.8. The molecule has 0 amide bonds. The maximum absolute atomic E-state index is 13.0. The van der Waals surface area contributed by atoms with E-state index in [1.165, 1.54) is 6.07 Å². The molecule has 1 aliphatic heterocycles. The largest absolute Gasteiger partial charge is 0.416 e. The van der Waals surface area contributed by atoms with Crippen molar-refractivity contribution in [2.24, 2.45) is 0 Å². The zero-order valence-electron chi connectivity index (χ0n) is 17.0. The van der Waals surface area contributed by atoms with Gasteiger partial charge in [0.1, 0.15) is 0 Å². The summed E-state index contributed by atoms with van der Waals surface area (Å²) in [6.07, 6.45) is -3.53. The van der Waals surface area contributed by atoms with E-state index >= 15 is 0 Å². The second kappa shape index (κ2) is 11.1. The molecule has 0 radical (unpaired) electrons. The molecule has 0 spiro atoms. The summed E-state index contributed by atoms with van der Waals surface area (Å²) in [7, 11) is 0. The van der Waals surface area contributed by atoms with E-state index in [0.717, 1.165) is 57.0 Å². The molecule has 31 heavy (non-hydrogen) atoms. The highest BCUT2D eigenvalue weighted by Gasteiger charge is 2.30. The second-order valence-electron chi connectivity index (χ2n) is 7.36. The van der Waals surface area contributed by atoms with Crippen molar-refractivity contribution in [1.29, 1.82) is 0 Å². The Kier molecular flexibility index (Phi) is 8.54. The molecule has 0 aromatic heterocycles. The lowest BCUT2D eigenvalue weighted by Crippen LogP contribution is -2.40. The van der Waals surface area contributed by atoms with Crippen molar-refractivity contribution in [2.75, 3.05) is 44.7 Å². The smallest absolute Gasteiger partial charge is 0.379 e. The fourth-order valence-corrected chi connectivity index (χ4v) is 3.75. The predicted molar refractivity (Wildman–Crippen MR) is 121 cm³/mol. The highest BCUT2D eigenvalue weighted by molar-refractivity contribution is 7.80. The molecule has 1 saturated heterocycles. The Labute approximate surface area is 190 Å². The number of hydrogen-bond donors (Lipinski definition) is 1. The molecule has 1 fully saturated rings. The Hall–Kier alpha value is -1.87. The molecule has 9 heteroatoms. The Morgan fingerprint density at radius 3 is 2.52 bits per heavy atom. The van der Waals surface area contributed by atoms with Crippen LogP contribution in [0.15, 0.2) is 48.5 Å². The van der Waals surface area contributed by atoms with Crippen molar-refractivity contribution < 1.29 is 17.9 Å². The number of thiocarbonyl (C=S) groups is 1. The third kappa shape index (κ3) is 7.64. The van der Waals surface area contributed by atoms with Gasteiger partial charge in [-0.1, -0.05) is 29.8 Å².